The second-order valence-electron chi connectivity index (χ2n) is 6.13. The number of carbonyl (C=O) groups excluding carboxylic acids is 1. The van der Waals surface area contributed by atoms with Crippen molar-refractivity contribution >= 4 is 17.7 Å². The van der Waals surface area contributed by atoms with Crippen LogP contribution in [0.3, 0.4) is 0 Å². The van der Waals surface area contributed by atoms with Gasteiger partial charge in [0.15, 0.2) is 0 Å². The number of nitrogens with one attached hydrogen (secondary N) is 1. The molecule has 4 nitrogen and oxygen atoms in total. The van der Waals surface area contributed by atoms with Crippen LogP contribution >= 0.6 is 11.8 Å². The molecule has 0 aliphatic carbocycles. The van der Waals surface area contributed by atoms with Gasteiger partial charge in [0, 0.05) is 17.9 Å². The number of halogens is 1. The summed E-state index contributed by atoms with van der Waals surface area (Å²) in [6.07, 6.45) is 2.36. The Labute approximate surface area is 162 Å². The Kier molecular flexibility index (Phi) is 6.65. The van der Waals surface area contributed by atoms with Crippen LogP contribution in [-0.4, -0.2) is 22.7 Å². The van der Waals surface area contributed by atoms with E-state index in [9.17, 15) is 9.18 Å². The van der Waals surface area contributed by atoms with E-state index in [-0.39, 0.29) is 17.0 Å². The molecule has 27 heavy (non-hydrogen) atoms. The number of benzene rings is 2. The third-order valence-corrected chi connectivity index (χ3v) is 5.21. The Morgan fingerprint density at radius 3 is 2.81 bits per heavy atom. The zero-order valence-electron chi connectivity index (χ0n) is 15.0. The highest BCUT2D eigenvalue weighted by Crippen LogP contribution is 2.23. The predicted molar refractivity (Wildman–Crippen MR) is 106 cm³/mol. The van der Waals surface area contributed by atoms with Gasteiger partial charge in [-0.15, -0.1) is 11.8 Å². The highest BCUT2D eigenvalue weighted by atomic mass is 32.2. The summed E-state index contributed by atoms with van der Waals surface area (Å²) in [6, 6.07) is 16.2. The van der Waals surface area contributed by atoms with Gasteiger partial charge in [-0.3, -0.25) is 4.79 Å². The van der Waals surface area contributed by atoms with Crippen LogP contribution in [0, 0.1) is 5.82 Å². The predicted octanol–water partition coefficient (Wildman–Crippen LogP) is 4.46. The molecule has 1 unspecified atom stereocenters. The summed E-state index contributed by atoms with van der Waals surface area (Å²) in [7, 11) is 0. The van der Waals surface area contributed by atoms with Gasteiger partial charge in [0.2, 0.25) is 11.8 Å². The molecule has 0 aliphatic rings. The molecular formula is C21H21FN2O2S. The largest absolute Gasteiger partial charge is 0.444 e. The first kappa shape index (κ1) is 19.2. The highest BCUT2D eigenvalue weighted by molar-refractivity contribution is 7.99. The van der Waals surface area contributed by atoms with E-state index in [1.807, 2.05) is 37.3 Å². The number of amides is 1. The molecule has 1 atom stereocenters. The van der Waals surface area contributed by atoms with Crippen LogP contribution in [0.4, 0.5) is 4.39 Å². The second-order valence-corrected chi connectivity index (χ2v) is 7.46. The maximum absolute atomic E-state index is 13.3. The molecule has 0 saturated carbocycles. The minimum Gasteiger partial charge on any atom is -0.444 e. The van der Waals surface area contributed by atoms with Crippen LogP contribution in [-0.2, 0) is 17.0 Å². The van der Waals surface area contributed by atoms with Crippen molar-refractivity contribution < 1.29 is 13.6 Å². The Balaban J connectivity index is 1.44. The van der Waals surface area contributed by atoms with Crippen LogP contribution in [0.5, 0.6) is 0 Å². The topological polar surface area (TPSA) is 55.1 Å². The van der Waals surface area contributed by atoms with E-state index in [4.69, 9.17) is 4.42 Å². The van der Waals surface area contributed by atoms with Crippen molar-refractivity contribution in [3.8, 4) is 11.5 Å². The summed E-state index contributed by atoms with van der Waals surface area (Å²) >= 11 is 1.49. The van der Waals surface area contributed by atoms with Crippen molar-refractivity contribution in [3.05, 3.63) is 77.9 Å². The molecule has 6 heteroatoms. The lowest BCUT2D eigenvalue weighted by atomic mass is 10.1. The van der Waals surface area contributed by atoms with Crippen LogP contribution < -0.4 is 5.32 Å². The number of carbonyl (C=O) groups is 1. The van der Waals surface area contributed by atoms with Gasteiger partial charge in [0.1, 0.15) is 12.1 Å². The molecular weight excluding hydrogens is 363 g/mol. The van der Waals surface area contributed by atoms with Crippen molar-refractivity contribution in [1.29, 1.82) is 0 Å². The summed E-state index contributed by atoms with van der Waals surface area (Å²) in [5, 5.41) is 2.76. The lowest BCUT2D eigenvalue weighted by molar-refractivity contribution is -0.120. The summed E-state index contributed by atoms with van der Waals surface area (Å²) in [5.41, 5.74) is 2.52. The van der Waals surface area contributed by atoms with Crippen molar-refractivity contribution in [2.45, 2.75) is 24.3 Å². The van der Waals surface area contributed by atoms with Gasteiger partial charge in [0.25, 0.3) is 0 Å². The molecule has 1 heterocycles. The van der Waals surface area contributed by atoms with Gasteiger partial charge in [-0.25, -0.2) is 9.37 Å². The summed E-state index contributed by atoms with van der Waals surface area (Å²) in [5.74, 6) is 0.601. The summed E-state index contributed by atoms with van der Waals surface area (Å²) in [4.78, 5) is 16.6. The van der Waals surface area contributed by atoms with Gasteiger partial charge in [-0.05, 0) is 37.1 Å². The molecule has 0 aliphatic heterocycles. The van der Waals surface area contributed by atoms with E-state index >= 15 is 0 Å². The zero-order valence-corrected chi connectivity index (χ0v) is 15.8. The third-order valence-electron chi connectivity index (χ3n) is 4.03. The smallest absolute Gasteiger partial charge is 0.232 e. The number of thioether (sulfide) groups is 1. The normalized spacial score (nSPS) is 11.9. The number of nitrogens with zero attached hydrogens (tertiary/aromatic N) is 1. The fourth-order valence-corrected chi connectivity index (χ4v) is 3.32. The van der Waals surface area contributed by atoms with Crippen molar-refractivity contribution in [3.63, 3.8) is 0 Å². The number of hydrogen-bond acceptors (Lipinski definition) is 4. The average molecular weight is 384 g/mol. The average Bonchev–Trinajstić information content (AvgIpc) is 3.16. The number of oxazole rings is 1. The lowest BCUT2D eigenvalue weighted by Gasteiger charge is -2.11. The van der Waals surface area contributed by atoms with E-state index < -0.39 is 0 Å². The van der Waals surface area contributed by atoms with Gasteiger partial charge in [0.05, 0.1) is 10.9 Å². The van der Waals surface area contributed by atoms with Crippen molar-refractivity contribution in [1.82, 2.24) is 10.3 Å². The van der Waals surface area contributed by atoms with Crippen LogP contribution in [0.15, 0.2) is 65.3 Å². The standard InChI is InChI=1S/C21H21FN2O2S/c1-15(20(25)23-11-10-16-6-3-2-4-7-16)27-14-19-13-26-21(24-19)17-8-5-9-18(22)12-17/h2-9,12-13,15H,10-11,14H2,1H3,(H,23,25). The Bertz CT molecular complexity index is 883. The first-order valence-corrected chi connectivity index (χ1v) is 9.80. The first-order chi connectivity index (χ1) is 13.1. The molecule has 0 fully saturated rings. The highest BCUT2D eigenvalue weighted by Gasteiger charge is 2.15. The summed E-state index contributed by atoms with van der Waals surface area (Å²) in [6.45, 7) is 2.48. The Morgan fingerprint density at radius 2 is 2.04 bits per heavy atom. The Hall–Kier alpha value is -2.60. The fraction of sp³-hybridized carbons (Fsp3) is 0.238. The van der Waals surface area contributed by atoms with Crippen LogP contribution in [0.2, 0.25) is 0 Å². The number of aromatic nitrogens is 1. The molecule has 0 bridgehead atoms. The SMILES string of the molecule is CC(SCc1coc(-c2cccc(F)c2)n1)C(=O)NCCc1ccccc1. The zero-order chi connectivity index (χ0) is 19.1. The maximum Gasteiger partial charge on any atom is 0.232 e. The number of rotatable bonds is 8. The molecule has 1 aromatic heterocycles. The molecule has 0 radical (unpaired) electrons. The van der Waals surface area contributed by atoms with E-state index in [2.05, 4.69) is 10.3 Å². The molecule has 3 rings (SSSR count). The third kappa shape index (κ3) is 5.69. The molecule has 2 aromatic carbocycles. The van der Waals surface area contributed by atoms with E-state index in [1.165, 1.54) is 29.5 Å². The lowest BCUT2D eigenvalue weighted by Crippen LogP contribution is -2.32. The number of hydrogen-bond donors (Lipinski definition) is 1. The van der Waals surface area contributed by atoms with Crippen molar-refractivity contribution in [2.75, 3.05) is 6.54 Å². The molecule has 3 aromatic rings. The van der Waals surface area contributed by atoms with Gasteiger partial charge < -0.3 is 9.73 Å². The van der Waals surface area contributed by atoms with Crippen LogP contribution in [0.25, 0.3) is 11.5 Å². The van der Waals surface area contributed by atoms with E-state index in [0.717, 1.165) is 12.1 Å². The van der Waals surface area contributed by atoms with E-state index in [0.29, 0.717) is 23.8 Å². The minimum absolute atomic E-state index is 0.00443. The van der Waals surface area contributed by atoms with Gasteiger partial charge >= 0.3 is 0 Å². The van der Waals surface area contributed by atoms with Crippen molar-refractivity contribution in [2.24, 2.45) is 0 Å². The van der Waals surface area contributed by atoms with Crippen LogP contribution in [0.1, 0.15) is 18.2 Å². The fourth-order valence-electron chi connectivity index (χ4n) is 2.53. The Morgan fingerprint density at radius 1 is 1.22 bits per heavy atom. The first-order valence-electron chi connectivity index (χ1n) is 8.75. The maximum atomic E-state index is 13.3. The molecule has 1 amide bonds. The van der Waals surface area contributed by atoms with Gasteiger partial charge in [-0.1, -0.05) is 36.4 Å². The molecule has 0 spiro atoms. The minimum atomic E-state index is -0.331. The van der Waals surface area contributed by atoms with Gasteiger partial charge in [-0.2, -0.15) is 0 Å². The molecule has 1 N–H and O–H groups in total. The van der Waals surface area contributed by atoms with E-state index in [1.54, 1.807) is 18.4 Å². The molecule has 0 saturated heterocycles. The molecule has 140 valence electrons. The quantitative estimate of drug-likeness (QED) is 0.623. The summed E-state index contributed by atoms with van der Waals surface area (Å²) < 4.78 is 18.7. The monoisotopic (exact) mass is 384 g/mol. The second kappa shape index (κ2) is 9.37.